The zero-order chi connectivity index (χ0) is 11.3. The summed E-state index contributed by atoms with van der Waals surface area (Å²) in [4.78, 5) is 11.3. The van der Waals surface area contributed by atoms with Crippen LogP contribution in [0.25, 0.3) is 0 Å². The van der Waals surface area contributed by atoms with Crippen LogP contribution in [0.1, 0.15) is 52.4 Å². The summed E-state index contributed by atoms with van der Waals surface area (Å²) in [5.41, 5.74) is 0.505. The first-order chi connectivity index (χ1) is 7.13. The quantitative estimate of drug-likeness (QED) is 0.524. The van der Waals surface area contributed by atoms with Gasteiger partial charge in [-0.1, -0.05) is 26.3 Å². The van der Waals surface area contributed by atoms with E-state index >= 15 is 0 Å². The Morgan fingerprint density at radius 3 is 2.40 bits per heavy atom. The molecule has 0 aliphatic heterocycles. The molecule has 0 aromatic carbocycles. The van der Waals surface area contributed by atoms with E-state index < -0.39 is 0 Å². The van der Waals surface area contributed by atoms with Crippen LogP contribution in [-0.4, -0.2) is 12.1 Å². The average molecular weight is 210 g/mol. The molecule has 1 aliphatic rings. The minimum Gasteiger partial charge on any atom is -0.459 e. The van der Waals surface area contributed by atoms with Gasteiger partial charge in [0.25, 0.3) is 0 Å². The number of esters is 1. The Hall–Kier alpha value is -0.790. The molecule has 15 heavy (non-hydrogen) atoms. The Bertz CT molecular complexity index is 225. The molecule has 1 aliphatic carbocycles. The molecule has 2 heteroatoms. The van der Waals surface area contributed by atoms with Gasteiger partial charge in [0.1, 0.15) is 6.10 Å². The molecule has 0 heterocycles. The first kappa shape index (κ1) is 12.3. The summed E-state index contributed by atoms with van der Waals surface area (Å²) >= 11 is 0. The minimum absolute atomic E-state index is 0.141. The number of carbonyl (C=O) groups excluding carboxylic acids is 1. The van der Waals surface area contributed by atoms with Crippen LogP contribution in [0, 0.1) is 5.92 Å². The Morgan fingerprint density at radius 2 is 1.93 bits per heavy atom. The van der Waals surface area contributed by atoms with Crippen LogP contribution in [0.2, 0.25) is 0 Å². The van der Waals surface area contributed by atoms with Gasteiger partial charge >= 0.3 is 5.97 Å². The normalized spacial score (nSPS) is 26.0. The van der Waals surface area contributed by atoms with Crippen molar-refractivity contribution in [3.8, 4) is 0 Å². The Morgan fingerprint density at radius 1 is 1.33 bits per heavy atom. The lowest BCUT2D eigenvalue weighted by molar-refractivity contribution is -0.146. The third kappa shape index (κ3) is 4.06. The molecule has 1 fully saturated rings. The smallest absolute Gasteiger partial charge is 0.333 e. The molecular weight excluding hydrogens is 188 g/mol. The first-order valence-corrected chi connectivity index (χ1v) is 6.00. The number of rotatable bonds is 4. The molecule has 1 rings (SSSR count). The molecule has 0 N–H and O–H groups in total. The number of hydrogen-bond donors (Lipinski definition) is 0. The van der Waals surface area contributed by atoms with Crippen molar-refractivity contribution in [2.45, 2.75) is 58.5 Å². The van der Waals surface area contributed by atoms with Gasteiger partial charge in [0, 0.05) is 5.57 Å². The standard InChI is InChI=1S/C13H22O2/c1-4-5-11-6-8-12(9-7-11)15-13(14)10(2)3/h11-12H,2,4-9H2,1,3H3. The Balaban J connectivity index is 2.25. The highest BCUT2D eigenvalue weighted by Gasteiger charge is 2.23. The number of carbonyl (C=O) groups is 1. The highest BCUT2D eigenvalue weighted by molar-refractivity contribution is 5.87. The zero-order valence-electron chi connectivity index (χ0n) is 9.92. The van der Waals surface area contributed by atoms with Gasteiger partial charge in [-0.2, -0.15) is 0 Å². The third-order valence-electron chi connectivity index (χ3n) is 3.11. The molecule has 1 saturated carbocycles. The SMILES string of the molecule is C=C(C)C(=O)OC1CCC(CCC)CC1. The van der Waals surface area contributed by atoms with Crippen molar-refractivity contribution in [2.24, 2.45) is 5.92 Å². The fraction of sp³-hybridized carbons (Fsp3) is 0.769. The maximum Gasteiger partial charge on any atom is 0.333 e. The summed E-state index contributed by atoms with van der Waals surface area (Å²) < 4.78 is 5.34. The maximum absolute atomic E-state index is 11.3. The molecule has 0 unspecified atom stereocenters. The van der Waals surface area contributed by atoms with Crippen LogP contribution in [0.4, 0.5) is 0 Å². The van der Waals surface area contributed by atoms with Crippen LogP contribution in [0.5, 0.6) is 0 Å². The van der Waals surface area contributed by atoms with Gasteiger partial charge in [-0.15, -0.1) is 0 Å². The van der Waals surface area contributed by atoms with Crippen molar-refractivity contribution in [3.05, 3.63) is 12.2 Å². The summed E-state index contributed by atoms with van der Waals surface area (Å²) in [6, 6.07) is 0. The van der Waals surface area contributed by atoms with Gasteiger partial charge in [0.05, 0.1) is 0 Å². The third-order valence-corrected chi connectivity index (χ3v) is 3.11. The second-order valence-electron chi connectivity index (χ2n) is 4.62. The average Bonchev–Trinajstić information content (AvgIpc) is 2.21. The molecule has 0 bridgehead atoms. The lowest BCUT2D eigenvalue weighted by Gasteiger charge is -2.28. The van der Waals surface area contributed by atoms with E-state index in [4.69, 9.17) is 4.74 Å². The predicted octanol–water partition coefficient (Wildman–Crippen LogP) is 3.46. The second-order valence-corrected chi connectivity index (χ2v) is 4.62. The monoisotopic (exact) mass is 210 g/mol. The van der Waals surface area contributed by atoms with E-state index in [1.807, 2.05) is 0 Å². The van der Waals surface area contributed by atoms with Crippen LogP contribution in [-0.2, 0) is 9.53 Å². The predicted molar refractivity (Wildman–Crippen MR) is 61.6 cm³/mol. The molecule has 0 aromatic heterocycles. The molecule has 2 nitrogen and oxygen atoms in total. The van der Waals surface area contributed by atoms with Crippen LogP contribution in [0.3, 0.4) is 0 Å². The van der Waals surface area contributed by atoms with Crippen molar-refractivity contribution >= 4 is 5.97 Å². The van der Waals surface area contributed by atoms with Crippen molar-refractivity contribution < 1.29 is 9.53 Å². The van der Waals surface area contributed by atoms with Crippen molar-refractivity contribution in [1.82, 2.24) is 0 Å². The molecule has 0 radical (unpaired) electrons. The molecule has 86 valence electrons. The van der Waals surface area contributed by atoms with E-state index in [0.717, 1.165) is 18.8 Å². The van der Waals surface area contributed by atoms with Gasteiger partial charge in [0.2, 0.25) is 0 Å². The molecule has 0 aromatic rings. The van der Waals surface area contributed by atoms with E-state index in [0.29, 0.717) is 5.57 Å². The maximum atomic E-state index is 11.3. The van der Waals surface area contributed by atoms with Crippen LogP contribution >= 0.6 is 0 Å². The summed E-state index contributed by atoms with van der Waals surface area (Å²) in [6.07, 6.45) is 7.21. The van der Waals surface area contributed by atoms with Crippen LogP contribution in [0.15, 0.2) is 12.2 Å². The van der Waals surface area contributed by atoms with Gasteiger partial charge in [-0.25, -0.2) is 4.79 Å². The first-order valence-electron chi connectivity index (χ1n) is 6.00. The van der Waals surface area contributed by atoms with Crippen LogP contribution < -0.4 is 0 Å². The largest absolute Gasteiger partial charge is 0.459 e. The minimum atomic E-state index is -0.228. The van der Waals surface area contributed by atoms with E-state index in [-0.39, 0.29) is 12.1 Å². The van der Waals surface area contributed by atoms with E-state index in [1.165, 1.54) is 25.7 Å². The van der Waals surface area contributed by atoms with Crippen molar-refractivity contribution in [3.63, 3.8) is 0 Å². The summed E-state index contributed by atoms with van der Waals surface area (Å²) in [7, 11) is 0. The lowest BCUT2D eigenvalue weighted by atomic mass is 9.85. The molecule has 0 saturated heterocycles. The topological polar surface area (TPSA) is 26.3 Å². The van der Waals surface area contributed by atoms with E-state index in [9.17, 15) is 4.79 Å². The zero-order valence-corrected chi connectivity index (χ0v) is 9.92. The molecular formula is C13H22O2. The number of ether oxygens (including phenoxy) is 1. The van der Waals surface area contributed by atoms with Gasteiger partial charge < -0.3 is 4.74 Å². The molecule has 0 spiro atoms. The Labute approximate surface area is 92.7 Å². The summed E-state index contributed by atoms with van der Waals surface area (Å²) in [6.45, 7) is 7.52. The number of hydrogen-bond acceptors (Lipinski definition) is 2. The molecule has 0 atom stereocenters. The summed E-state index contributed by atoms with van der Waals surface area (Å²) in [5, 5.41) is 0. The van der Waals surface area contributed by atoms with Crippen molar-refractivity contribution in [1.29, 1.82) is 0 Å². The second kappa shape index (κ2) is 5.94. The fourth-order valence-corrected chi connectivity index (χ4v) is 2.20. The molecule has 0 amide bonds. The fourth-order valence-electron chi connectivity index (χ4n) is 2.20. The van der Waals surface area contributed by atoms with Gasteiger partial charge in [0.15, 0.2) is 0 Å². The van der Waals surface area contributed by atoms with Crippen molar-refractivity contribution in [2.75, 3.05) is 0 Å². The Kier molecular flexibility index (Phi) is 4.86. The van der Waals surface area contributed by atoms with E-state index in [2.05, 4.69) is 13.5 Å². The van der Waals surface area contributed by atoms with Gasteiger partial charge in [-0.05, 0) is 38.5 Å². The summed E-state index contributed by atoms with van der Waals surface area (Å²) in [5.74, 6) is 0.628. The highest BCUT2D eigenvalue weighted by Crippen LogP contribution is 2.29. The van der Waals surface area contributed by atoms with Gasteiger partial charge in [-0.3, -0.25) is 0 Å². The lowest BCUT2D eigenvalue weighted by Crippen LogP contribution is -2.24. The van der Waals surface area contributed by atoms with E-state index in [1.54, 1.807) is 6.92 Å². The highest BCUT2D eigenvalue weighted by atomic mass is 16.5.